The highest BCUT2D eigenvalue weighted by Gasteiger charge is 2.28. The van der Waals surface area contributed by atoms with Crippen LogP contribution in [-0.2, 0) is 4.79 Å². The summed E-state index contributed by atoms with van der Waals surface area (Å²) in [6, 6.07) is 14.0. The number of carbonyl (C=O) groups is 1. The zero-order valence-electron chi connectivity index (χ0n) is 17.3. The van der Waals surface area contributed by atoms with Crippen molar-refractivity contribution in [2.24, 2.45) is 5.10 Å². The van der Waals surface area contributed by atoms with Gasteiger partial charge in [-0.25, -0.2) is 5.43 Å². The average molecular weight is 392 g/mol. The zero-order valence-corrected chi connectivity index (χ0v) is 17.3. The van der Waals surface area contributed by atoms with Gasteiger partial charge in [-0.15, -0.1) is 0 Å². The van der Waals surface area contributed by atoms with Crippen LogP contribution in [0, 0.1) is 0 Å². The van der Waals surface area contributed by atoms with Gasteiger partial charge in [0, 0.05) is 12.0 Å². The van der Waals surface area contributed by atoms with Crippen LogP contribution in [0.1, 0.15) is 56.2 Å². The van der Waals surface area contributed by atoms with E-state index in [1.165, 1.54) is 0 Å². The predicted molar refractivity (Wildman–Crippen MR) is 117 cm³/mol. The molecule has 0 bridgehead atoms. The van der Waals surface area contributed by atoms with Gasteiger partial charge in [-0.1, -0.05) is 49.4 Å². The highest BCUT2D eigenvalue weighted by Crippen LogP contribution is 2.37. The molecule has 0 spiro atoms. The van der Waals surface area contributed by atoms with Crippen molar-refractivity contribution in [1.29, 1.82) is 0 Å². The summed E-state index contributed by atoms with van der Waals surface area (Å²) in [7, 11) is 0. The molecular formula is C24H28N2O3. The molecule has 0 saturated carbocycles. The summed E-state index contributed by atoms with van der Waals surface area (Å²) in [5.41, 5.74) is 6.52. The molecule has 3 rings (SSSR count). The number of fused-ring (bicyclic) bond motifs is 1. The fraction of sp³-hybridized carbons (Fsp3) is 0.333. The predicted octanol–water partition coefficient (Wildman–Crippen LogP) is 4.92. The summed E-state index contributed by atoms with van der Waals surface area (Å²) >= 11 is 0. The van der Waals surface area contributed by atoms with Crippen LogP contribution in [0.4, 0.5) is 0 Å². The lowest BCUT2D eigenvalue weighted by Gasteiger charge is -2.19. The van der Waals surface area contributed by atoms with E-state index in [4.69, 9.17) is 9.47 Å². The first-order valence-corrected chi connectivity index (χ1v) is 10.2. The average Bonchev–Trinajstić information content (AvgIpc) is 2.86. The Bertz CT molecular complexity index is 904. The molecule has 2 aromatic carbocycles. The maximum Gasteiger partial charge on any atom is 0.247 e. The van der Waals surface area contributed by atoms with E-state index >= 15 is 0 Å². The number of ether oxygens (including phenoxy) is 2. The highest BCUT2D eigenvalue weighted by atomic mass is 16.5. The molecule has 0 radical (unpaired) electrons. The maximum absolute atomic E-state index is 12.6. The van der Waals surface area contributed by atoms with E-state index in [9.17, 15) is 4.79 Å². The standard InChI is InChI=1S/C24H28N2O3/c1-4-18-19-15-22(28-5-2)23(29-6-3)16-20(19)21(25-26-24(18)27)14-10-13-17-11-8-7-9-12-17/h7-13,15-16,18H,4-6,14H2,1-3H3,(H,26,27)/b13-10+. The Morgan fingerprint density at radius 2 is 1.72 bits per heavy atom. The van der Waals surface area contributed by atoms with Crippen LogP contribution in [0.5, 0.6) is 11.5 Å². The Balaban J connectivity index is 2.01. The van der Waals surface area contributed by atoms with E-state index in [0.29, 0.717) is 37.6 Å². The van der Waals surface area contributed by atoms with Gasteiger partial charge in [-0.05, 0) is 43.5 Å². The van der Waals surface area contributed by atoms with E-state index in [1.54, 1.807) is 0 Å². The van der Waals surface area contributed by atoms with Crippen LogP contribution in [0.3, 0.4) is 0 Å². The number of hydrogen-bond donors (Lipinski definition) is 1. The number of hydrazone groups is 1. The van der Waals surface area contributed by atoms with Crippen LogP contribution in [-0.4, -0.2) is 24.8 Å². The van der Waals surface area contributed by atoms with Crippen LogP contribution in [0.15, 0.2) is 53.6 Å². The van der Waals surface area contributed by atoms with E-state index in [1.807, 2.05) is 51.1 Å². The molecule has 152 valence electrons. The minimum atomic E-state index is -0.278. The second-order valence-electron chi connectivity index (χ2n) is 6.76. The Hall–Kier alpha value is -3.08. The van der Waals surface area contributed by atoms with Crippen LogP contribution in [0.2, 0.25) is 0 Å². The molecule has 5 nitrogen and oxygen atoms in total. The van der Waals surface area contributed by atoms with Gasteiger partial charge in [0.15, 0.2) is 11.5 Å². The second kappa shape index (κ2) is 9.92. The number of carbonyl (C=O) groups excluding carboxylic acids is 1. The van der Waals surface area contributed by atoms with Gasteiger partial charge < -0.3 is 9.47 Å². The van der Waals surface area contributed by atoms with Crippen molar-refractivity contribution in [2.45, 2.75) is 39.5 Å². The summed E-state index contributed by atoms with van der Waals surface area (Å²) < 4.78 is 11.6. The summed E-state index contributed by atoms with van der Waals surface area (Å²) in [5.74, 6) is 0.971. The lowest BCUT2D eigenvalue weighted by Crippen LogP contribution is -2.23. The van der Waals surface area contributed by atoms with Gasteiger partial charge in [0.2, 0.25) is 5.91 Å². The summed E-state index contributed by atoms with van der Waals surface area (Å²) in [5, 5.41) is 4.42. The first-order valence-electron chi connectivity index (χ1n) is 10.2. The van der Waals surface area contributed by atoms with Crippen LogP contribution >= 0.6 is 0 Å². The number of benzene rings is 2. The number of amides is 1. The largest absolute Gasteiger partial charge is 0.490 e. The molecule has 0 fully saturated rings. The number of rotatable bonds is 8. The zero-order chi connectivity index (χ0) is 20.6. The van der Waals surface area contributed by atoms with E-state index in [2.05, 4.69) is 34.8 Å². The van der Waals surface area contributed by atoms with Crippen molar-refractivity contribution >= 4 is 17.7 Å². The monoisotopic (exact) mass is 392 g/mol. The van der Waals surface area contributed by atoms with Crippen molar-refractivity contribution in [3.8, 4) is 11.5 Å². The quantitative estimate of drug-likeness (QED) is 0.694. The first kappa shape index (κ1) is 20.6. The van der Waals surface area contributed by atoms with Gasteiger partial charge in [0.05, 0.1) is 24.8 Å². The normalized spacial score (nSPS) is 16.0. The molecule has 2 aromatic rings. The summed E-state index contributed by atoms with van der Waals surface area (Å²) in [6.07, 6.45) is 5.40. The topological polar surface area (TPSA) is 59.9 Å². The maximum atomic E-state index is 12.6. The van der Waals surface area contributed by atoms with Crippen molar-refractivity contribution in [2.75, 3.05) is 13.2 Å². The molecule has 1 amide bonds. The molecular weight excluding hydrogens is 364 g/mol. The van der Waals surface area contributed by atoms with Gasteiger partial charge in [-0.2, -0.15) is 5.10 Å². The van der Waals surface area contributed by atoms with Crippen LogP contribution in [0.25, 0.3) is 6.08 Å². The minimum Gasteiger partial charge on any atom is -0.490 e. The van der Waals surface area contributed by atoms with E-state index < -0.39 is 0 Å². The van der Waals surface area contributed by atoms with Crippen molar-refractivity contribution in [3.63, 3.8) is 0 Å². The summed E-state index contributed by atoms with van der Waals surface area (Å²) in [4.78, 5) is 12.6. The van der Waals surface area contributed by atoms with Crippen LogP contribution < -0.4 is 14.9 Å². The molecule has 0 aromatic heterocycles. The second-order valence-corrected chi connectivity index (χ2v) is 6.76. The molecule has 1 aliphatic heterocycles. The Morgan fingerprint density at radius 3 is 2.38 bits per heavy atom. The molecule has 5 heteroatoms. The minimum absolute atomic E-state index is 0.0950. The molecule has 0 aliphatic carbocycles. The molecule has 1 aliphatic rings. The third kappa shape index (κ3) is 4.86. The fourth-order valence-electron chi connectivity index (χ4n) is 3.48. The highest BCUT2D eigenvalue weighted by molar-refractivity contribution is 6.06. The molecule has 1 atom stereocenters. The van der Waals surface area contributed by atoms with Crippen molar-refractivity contribution in [1.82, 2.24) is 5.43 Å². The Labute approximate surface area is 172 Å². The Morgan fingerprint density at radius 1 is 1.03 bits per heavy atom. The third-order valence-corrected chi connectivity index (χ3v) is 4.85. The van der Waals surface area contributed by atoms with Crippen molar-refractivity contribution < 1.29 is 14.3 Å². The van der Waals surface area contributed by atoms with Crippen molar-refractivity contribution in [3.05, 3.63) is 65.2 Å². The Kier molecular flexibility index (Phi) is 7.06. The summed E-state index contributed by atoms with van der Waals surface area (Å²) in [6.45, 7) is 6.95. The SMILES string of the molecule is CCOc1cc2c(cc1OCC)C(CC)C(=O)NN=C2C/C=C/c1ccccc1. The molecule has 1 unspecified atom stereocenters. The number of nitrogens with zero attached hydrogens (tertiary/aromatic N) is 1. The third-order valence-electron chi connectivity index (χ3n) is 4.85. The fourth-order valence-corrected chi connectivity index (χ4v) is 3.48. The smallest absolute Gasteiger partial charge is 0.247 e. The number of nitrogens with one attached hydrogen (secondary N) is 1. The lowest BCUT2D eigenvalue weighted by atomic mass is 9.88. The molecule has 1 N–H and O–H groups in total. The number of hydrogen-bond acceptors (Lipinski definition) is 4. The lowest BCUT2D eigenvalue weighted by molar-refractivity contribution is -0.122. The van der Waals surface area contributed by atoms with E-state index in [-0.39, 0.29) is 11.8 Å². The molecule has 1 heterocycles. The van der Waals surface area contributed by atoms with Gasteiger partial charge >= 0.3 is 0 Å². The number of allylic oxidation sites excluding steroid dienone is 1. The van der Waals surface area contributed by atoms with E-state index in [0.717, 1.165) is 22.4 Å². The first-order chi connectivity index (χ1) is 14.2. The molecule has 29 heavy (non-hydrogen) atoms. The van der Waals surface area contributed by atoms with Gasteiger partial charge in [0.1, 0.15) is 0 Å². The molecule has 0 saturated heterocycles. The van der Waals surface area contributed by atoms with Gasteiger partial charge in [0.25, 0.3) is 0 Å². The van der Waals surface area contributed by atoms with Gasteiger partial charge in [-0.3, -0.25) is 4.79 Å².